The van der Waals surface area contributed by atoms with E-state index in [9.17, 15) is 12.8 Å². The molecule has 2 N–H and O–H groups in total. The van der Waals surface area contributed by atoms with E-state index < -0.39 is 20.7 Å². The van der Waals surface area contributed by atoms with Crippen LogP contribution in [0.4, 0.5) is 4.39 Å². The van der Waals surface area contributed by atoms with Gasteiger partial charge in [0.25, 0.3) is 0 Å². The highest BCUT2D eigenvalue weighted by Gasteiger charge is 2.18. The summed E-state index contributed by atoms with van der Waals surface area (Å²) in [5.41, 5.74) is -0.288. The first-order valence-electron chi connectivity index (χ1n) is 5.79. The fourth-order valence-corrected chi connectivity index (χ4v) is 2.56. The second kappa shape index (κ2) is 6.38. The third-order valence-electron chi connectivity index (χ3n) is 2.17. The zero-order valence-electron chi connectivity index (χ0n) is 11.4. The number of hydrogen-bond acceptors (Lipinski definition) is 4. The summed E-state index contributed by atoms with van der Waals surface area (Å²) in [4.78, 5) is -0.581. The van der Waals surface area contributed by atoms with E-state index in [1.807, 2.05) is 20.8 Å². The van der Waals surface area contributed by atoms with E-state index in [-0.39, 0.29) is 18.0 Å². The number of ether oxygens (including phenoxy) is 2. The molecule has 0 aromatic heterocycles. The molecular formula is C12H17BrFNO4S. The molecule has 0 spiro atoms. The lowest BCUT2D eigenvalue weighted by Crippen LogP contribution is -2.22. The predicted molar refractivity (Wildman–Crippen MR) is 76.7 cm³/mol. The van der Waals surface area contributed by atoms with Crippen LogP contribution >= 0.6 is 15.9 Å². The van der Waals surface area contributed by atoms with E-state index in [1.165, 1.54) is 0 Å². The molecule has 1 aromatic carbocycles. The average Bonchev–Trinajstić information content (AvgIpc) is 2.25. The number of halogens is 2. The van der Waals surface area contributed by atoms with Gasteiger partial charge in [-0.05, 0) is 42.8 Å². The van der Waals surface area contributed by atoms with Crippen molar-refractivity contribution in [2.24, 2.45) is 5.14 Å². The Bertz CT molecular complexity index is 584. The Balaban J connectivity index is 2.76. The van der Waals surface area contributed by atoms with Crippen LogP contribution in [0.25, 0.3) is 0 Å². The molecule has 0 aliphatic heterocycles. The number of benzene rings is 1. The highest BCUT2D eigenvalue weighted by molar-refractivity contribution is 9.10. The molecule has 0 saturated carbocycles. The first-order valence-corrected chi connectivity index (χ1v) is 8.13. The number of rotatable bonds is 5. The Morgan fingerprint density at radius 3 is 2.40 bits per heavy atom. The first kappa shape index (κ1) is 17.4. The highest BCUT2D eigenvalue weighted by atomic mass is 79.9. The Morgan fingerprint density at radius 2 is 1.90 bits per heavy atom. The summed E-state index contributed by atoms with van der Waals surface area (Å²) >= 11 is 3.11. The van der Waals surface area contributed by atoms with Crippen LogP contribution in [0.5, 0.6) is 5.75 Å². The van der Waals surface area contributed by atoms with Crippen LogP contribution in [0.3, 0.4) is 0 Å². The molecule has 0 fully saturated rings. The lowest BCUT2D eigenvalue weighted by atomic mass is 10.2. The van der Waals surface area contributed by atoms with Gasteiger partial charge in [0.05, 0.1) is 16.7 Å². The summed E-state index contributed by atoms with van der Waals surface area (Å²) in [6, 6.07) is 2.05. The smallest absolute Gasteiger partial charge is 0.241 e. The molecule has 8 heteroatoms. The van der Waals surface area contributed by atoms with Gasteiger partial charge in [-0.2, -0.15) is 0 Å². The summed E-state index contributed by atoms with van der Waals surface area (Å²) in [5.74, 6) is -0.769. The Kier molecular flexibility index (Phi) is 5.54. The molecule has 1 aromatic rings. The number of sulfonamides is 1. The van der Waals surface area contributed by atoms with Crippen LogP contribution < -0.4 is 9.88 Å². The molecular weight excluding hydrogens is 353 g/mol. The molecule has 0 bridgehead atoms. The van der Waals surface area contributed by atoms with Gasteiger partial charge in [0, 0.05) is 6.07 Å². The van der Waals surface area contributed by atoms with Crippen LogP contribution in [-0.4, -0.2) is 27.2 Å². The summed E-state index contributed by atoms with van der Waals surface area (Å²) < 4.78 is 47.0. The van der Waals surface area contributed by atoms with E-state index in [0.29, 0.717) is 11.1 Å². The molecule has 0 atom stereocenters. The first-order chi connectivity index (χ1) is 9.00. The molecule has 0 aliphatic rings. The molecule has 5 nitrogen and oxygen atoms in total. The van der Waals surface area contributed by atoms with Gasteiger partial charge in [-0.1, -0.05) is 0 Å². The van der Waals surface area contributed by atoms with Crippen molar-refractivity contribution in [2.45, 2.75) is 31.3 Å². The topological polar surface area (TPSA) is 78.6 Å². The summed E-state index contributed by atoms with van der Waals surface area (Å²) in [6.45, 7) is 6.26. The van der Waals surface area contributed by atoms with Gasteiger partial charge in [-0.25, -0.2) is 17.9 Å². The van der Waals surface area contributed by atoms with Crippen molar-refractivity contribution in [3.63, 3.8) is 0 Å². The zero-order chi connectivity index (χ0) is 15.6. The minimum atomic E-state index is -4.10. The van der Waals surface area contributed by atoms with Crippen LogP contribution in [0, 0.1) is 5.82 Å². The van der Waals surface area contributed by atoms with Crippen molar-refractivity contribution >= 4 is 26.0 Å². The third-order valence-corrected chi connectivity index (χ3v) is 3.71. The normalized spacial score (nSPS) is 12.5. The van der Waals surface area contributed by atoms with Crippen molar-refractivity contribution < 1.29 is 22.3 Å². The van der Waals surface area contributed by atoms with Crippen LogP contribution in [0.1, 0.15) is 20.8 Å². The van der Waals surface area contributed by atoms with Crippen molar-refractivity contribution in [2.75, 3.05) is 13.2 Å². The van der Waals surface area contributed by atoms with Gasteiger partial charge >= 0.3 is 0 Å². The van der Waals surface area contributed by atoms with Gasteiger partial charge in [-0.15, -0.1) is 0 Å². The molecule has 0 amide bonds. The van der Waals surface area contributed by atoms with Gasteiger partial charge in [-0.3, -0.25) is 0 Å². The highest BCUT2D eigenvalue weighted by Crippen LogP contribution is 2.29. The maximum Gasteiger partial charge on any atom is 0.241 e. The molecule has 1 rings (SSSR count). The molecule has 0 saturated heterocycles. The fraction of sp³-hybridized carbons (Fsp3) is 0.500. The standard InChI is InChI=1S/C12H17BrFNO4S/c1-12(2,3)19-5-4-18-10-7-9(14)11(6-8(10)13)20(15,16)17/h6-7H,4-5H2,1-3H3,(H2,15,16,17). The van der Waals surface area contributed by atoms with Crippen molar-refractivity contribution in [3.8, 4) is 5.75 Å². The lowest BCUT2D eigenvalue weighted by Gasteiger charge is -2.19. The van der Waals surface area contributed by atoms with E-state index in [4.69, 9.17) is 14.6 Å². The third kappa shape index (κ3) is 5.35. The minimum Gasteiger partial charge on any atom is -0.490 e. The Hall–Kier alpha value is -0.700. The van der Waals surface area contributed by atoms with E-state index in [2.05, 4.69) is 15.9 Å². The molecule has 0 radical (unpaired) electrons. The monoisotopic (exact) mass is 369 g/mol. The summed E-state index contributed by atoms with van der Waals surface area (Å²) in [6.07, 6.45) is 0. The number of primary sulfonamides is 1. The van der Waals surface area contributed by atoms with E-state index in [1.54, 1.807) is 0 Å². The average molecular weight is 370 g/mol. The maximum absolute atomic E-state index is 13.6. The Morgan fingerprint density at radius 1 is 1.30 bits per heavy atom. The van der Waals surface area contributed by atoms with Gasteiger partial charge in [0.15, 0.2) is 0 Å². The van der Waals surface area contributed by atoms with E-state index >= 15 is 0 Å². The van der Waals surface area contributed by atoms with Gasteiger partial charge in [0.2, 0.25) is 10.0 Å². The molecule has 0 unspecified atom stereocenters. The van der Waals surface area contributed by atoms with E-state index in [0.717, 1.165) is 12.1 Å². The largest absolute Gasteiger partial charge is 0.490 e. The summed E-state index contributed by atoms with van der Waals surface area (Å²) in [7, 11) is -4.10. The van der Waals surface area contributed by atoms with Gasteiger partial charge in [0.1, 0.15) is 23.1 Å². The van der Waals surface area contributed by atoms with Crippen molar-refractivity contribution in [1.29, 1.82) is 0 Å². The quantitative estimate of drug-likeness (QED) is 0.808. The SMILES string of the molecule is CC(C)(C)OCCOc1cc(F)c(S(N)(=O)=O)cc1Br. The number of hydrogen-bond donors (Lipinski definition) is 1. The predicted octanol–water partition coefficient (Wildman–Crippen LogP) is 2.43. The number of nitrogens with two attached hydrogens (primary N) is 1. The molecule has 20 heavy (non-hydrogen) atoms. The molecule has 0 heterocycles. The Labute approximate surface area is 126 Å². The molecule has 114 valence electrons. The van der Waals surface area contributed by atoms with Crippen LogP contribution in [-0.2, 0) is 14.8 Å². The van der Waals surface area contributed by atoms with Gasteiger partial charge < -0.3 is 9.47 Å². The fourth-order valence-electron chi connectivity index (χ4n) is 1.34. The second-order valence-electron chi connectivity index (χ2n) is 5.07. The van der Waals surface area contributed by atoms with Crippen molar-refractivity contribution in [3.05, 3.63) is 22.4 Å². The second-order valence-corrected chi connectivity index (χ2v) is 7.45. The van der Waals surface area contributed by atoms with Crippen molar-refractivity contribution in [1.82, 2.24) is 0 Å². The minimum absolute atomic E-state index is 0.187. The maximum atomic E-state index is 13.6. The van der Waals surface area contributed by atoms with Crippen LogP contribution in [0.2, 0.25) is 0 Å². The summed E-state index contributed by atoms with van der Waals surface area (Å²) in [5, 5.41) is 4.90. The molecule has 0 aliphatic carbocycles. The lowest BCUT2D eigenvalue weighted by molar-refractivity contribution is -0.0164. The zero-order valence-corrected chi connectivity index (χ0v) is 13.8. The van der Waals surface area contributed by atoms with Crippen LogP contribution in [0.15, 0.2) is 21.5 Å².